The van der Waals surface area contributed by atoms with E-state index in [1.807, 2.05) is 12.1 Å². The average molecular weight is 342 g/mol. The molecule has 1 aliphatic heterocycles. The molecule has 2 aromatic rings. The first-order valence-electron chi connectivity index (χ1n) is 8.41. The van der Waals surface area contributed by atoms with Crippen LogP contribution in [0.5, 0.6) is 0 Å². The number of furan rings is 1. The first-order valence-corrected chi connectivity index (χ1v) is 8.41. The van der Waals surface area contributed by atoms with Crippen molar-refractivity contribution in [3.05, 3.63) is 53.7 Å². The smallest absolute Gasteiger partial charge is 0.286 e. The van der Waals surface area contributed by atoms with E-state index in [1.165, 1.54) is 0 Å². The van der Waals surface area contributed by atoms with Gasteiger partial charge in [-0.1, -0.05) is 6.07 Å². The predicted molar refractivity (Wildman–Crippen MR) is 91.7 cm³/mol. The summed E-state index contributed by atoms with van der Waals surface area (Å²) in [5.74, 6) is 0.393. The molecule has 2 amide bonds. The van der Waals surface area contributed by atoms with Crippen LogP contribution < -0.4 is 10.6 Å². The van der Waals surface area contributed by atoms with Crippen molar-refractivity contribution in [2.45, 2.75) is 25.4 Å². The Morgan fingerprint density at radius 3 is 2.76 bits per heavy atom. The second-order valence-electron chi connectivity index (χ2n) is 5.99. The third-order valence-electron chi connectivity index (χ3n) is 4.30. The van der Waals surface area contributed by atoms with E-state index in [2.05, 4.69) is 20.5 Å². The van der Waals surface area contributed by atoms with Gasteiger partial charge in [0, 0.05) is 19.4 Å². The van der Waals surface area contributed by atoms with Crippen LogP contribution in [0.3, 0.4) is 0 Å². The van der Waals surface area contributed by atoms with Crippen molar-refractivity contribution in [2.75, 3.05) is 20.1 Å². The van der Waals surface area contributed by atoms with Gasteiger partial charge in [0.15, 0.2) is 5.76 Å². The van der Waals surface area contributed by atoms with E-state index in [0.29, 0.717) is 5.76 Å². The van der Waals surface area contributed by atoms with Gasteiger partial charge < -0.3 is 15.1 Å². The van der Waals surface area contributed by atoms with Crippen molar-refractivity contribution in [1.82, 2.24) is 20.5 Å². The Labute approximate surface area is 146 Å². The van der Waals surface area contributed by atoms with Gasteiger partial charge in [-0.05, 0) is 49.7 Å². The van der Waals surface area contributed by atoms with Gasteiger partial charge in [-0.15, -0.1) is 0 Å². The second-order valence-corrected chi connectivity index (χ2v) is 5.99. The maximum atomic E-state index is 12.8. The van der Waals surface area contributed by atoms with Crippen LogP contribution in [-0.2, 0) is 11.3 Å². The lowest BCUT2D eigenvalue weighted by atomic mass is 10.1. The minimum atomic E-state index is -0.357. The zero-order chi connectivity index (χ0) is 17.6. The van der Waals surface area contributed by atoms with Gasteiger partial charge in [-0.3, -0.25) is 19.5 Å². The second kappa shape index (κ2) is 7.94. The predicted octanol–water partition coefficient (Wildman–Crippen LogP) is 1.49. The number of rotatable bonds is 6. The minimum absolute atomic E-state index is 0.0900. The monoisotopic (exact) mass is 342 g/mol. The lowest BCUT2D eigenvalue weighted by Gasteiger charge is -2.26. The van der Waals surface area contributed by atoms with Crippen LogP contribution in [0, 0.1) is 0 Å². The first kappa shape index (κ1) is 17.2. The molecule has 25 heavy (non-hydrogen) atoms. The Balaban J connectivity index is 1.68. The molecule has 3 rings (SSSR count). The van der Waals surface area contributed by atoms with Crippen LogP contribution in [0.15, 0.2) is 41.1 Å². The fraction of sp³-hybridized carbons (Fsp3) is 0.389. The highest BCUT2D eigenvalue weighted by molar-refractivity contribution is 5.91. The van der Waals surface area contributed by atoms with Crippen molar-refractivity contribution < 1.29 is 14.0 Å². The Morgan fingerprint density at radius 2 is 2.08 bits per heavy atom. The third kappa shape index (κ3) is 4.06. The quantitative estimate of drug-likeness (QED) is 0.830. The molecule has 2 N–H and O–H groups in total. The number of nitrogens with one attached hydrogen (secondary N) is 2. The highest BCUT2D eigenvalue weighted by atomic mass is 16.4. The maximum absolute atomic E-state index is 12.8. The van der Waals surface area contributed by atoms with Crippen LogP contribution in [0.25, 0.3) is 0 Å². The Bertz CT molecular complexity index is 723. The largest absolute Gasteiger partial charge is 0.454 e. The summed E-state index contributed by atoms with van der Waals surface area (Å²) in [4.78, 5) is 30.6. The SMILES string of the molecule is CNC(=O)c1ccc(CNC(=O)C(c2cccnc2)N2CCCC2)o1. The van der Waals surface area contributed by atoms with E-state index in [1.54, 1.807) is 31.6 Å². The van der Waals surface area contributed by atoms with Gasteiger partial charge in [0.05, 0.1) is 6.54 Å². The van der Waals surface area contributed by atoms with E-state index in [0.717, 1.165) is 31.5 Å². The lowest BCUT2D eigenvalue weighted by Crippen LogP contribution is -2.39. The Kier molecular flexibility index (Phi) is 5.45. The molecular formula is C18H22N4O3. The molecule has 1 aliphatic rings. The van der Waals surface area contributed by atoms with Gasteiger partial charge >= 0.3 is 0 Å². The molecule has 7 nitrogen and oxygen atoms in total. The van der Waals surface area contributed by atoms with E-state index >= 15 is 0 Å². The van der Waals surface area contributed by atoms with Crippen LogP contribution in [0.2, 0.25) is 0 Å². The molecule has 1 fully saturated rings. The Hall–Kier alpha value is -2.67. The van der Waals surface area contributed by atoms with Gasteiger partial charge in [-0.2, -0.15) is 0 Å². The number of carbonyl (C=O) groups is 2. The zero-order valence-corrected chi connectivity index (χ0v) is 14.2. The van der Waals surface area contributed by atoms with Crippen molar-refractivity contribution in [2.24, 2.45) is 0 Å². The summed E-state index contributed by atoms with van der Waals surface area (Å²) >= 11 is 0. The Morgan fingerprint density at radius 1 is 1.28 bits per heavy atom. The first-order chi connectivity index (χ1) is 12.2. The van der Waals surface area contributed by atoms with Gasteiger partial charge in [0.1, 0.15) is 11.8 Å². The normalized spacial score (nSPS) is 15.7. The fourth-order valence-electron chi connectivity index (χ4n) is 3.05. The van der Waals surface area contributed by atoms with Crippen molar-refractivity contribution >= 4 is 11.8 Å². The number of nitrogens with zero attached hydrogens (tertiary/aromatic N) is 2. The van der Waals surface area contributed by atoms with Gasteiger partial charge in [0.25, 0.3) is 5.91 Å². The lowest BCUT2D eigenvalue weighted by molar-refractivity contribution is -0.126. The van der Waals surface area contributed by atoms with Crippen molar-refractivity contribution in [1.29, 1.82) is 0 Å². The van der Waals surface area contributed by atoms with Crippen LogP contribution >= 0.6 is 0 Å². The molecule has 1 unspecified atom stereocenters. The fourth-order valence-corrected chi connectivity index (χ4v) is 3.05. The van der Waals surface area contributed by atoms with Crippen molar-refractivity contribution in [3.63, 3.8) is 0 Å². The number of carbonyl (C=O) groups excluding carboxylic acids is 2. The third-order valence-corrected chi connectivity index (χ3v) is 4.30. The summed E-state index contributed by atoms with van der Waals surface area (Å²) in [5.41, 5.74) is 0.882. The standard InChI is InChI=1S/C18H22N4O3/c1-19-17(23)15-7-6-14(25-15)12-21-18(24)16(22-9-2-3-10-22)13-5-4-8-20-11-13/h4-8,11,16H,2-3,9-10,12H2,1H3,(H,19,23)(H,21,24). The summed E-state index contributed by atoms with van der Waals surface area (Å²) in [6.07, 6.45) is 5.63. The topological polar surface area (TPSA) is 87.5 Å². The number of hydrogen-bond donors (Lipinski definition) is 2. The number of likely N-dealkylation sites (tertiary alicyclic amines) is 1. The van der Waals surface area contributed by atoms with Gasteiger partial charge in [-0.25, -0.2) is 0 Å². The van der Waals surface area contributed by atoms with Crippen LogP contribution in [0.1, 0.15) is 40.8 Å². The summed E-state index contributed by atoms with van der Waals surface area (Å²) in [6.45, 7) is 2.03. The summed E-state index contributed by atoms with van der Waals surface area (Å²) in [6, 6.07) is 6.70. The highest BCUT2D eigenvalue weighted by Crippen LogP contribution is 2.25. The molecule has 1 atom stereocenters. The number of hydrogen-bond acceptors (Lipinski definition) is 5. The maximum Gasteiger partial charge on any atom is 0.286 e. The van der Waals surface area contributed by atoms with Crippen LogP contribution in [-0.4, -0.2) is 41.8 Å². The summed E-state index contributed by atoms with van der Waals surface area (Å²) in [5, 5.41) is 5.41. The van der Waals surface area contributed by atoms with Crippen LogP contribution in [0.4, 0.5) is 0 Å². The summed E-state index contributed by atoms with van der Waals surface area (Å²) < 4.78 is 5.44. The van der Waals surface area contributed by atoms with E-state index in [-0.39, 0.29) is 30.2 Å². The van der Waals surface area contributed by atoms with E-state index < -0.39 is 0 Å². The molecule has 0 bridgehead atoms. The highest BCUT2D eigenvalue weighted by Gasteiger charge is 2.29. The molecule has 0 radical (unpaired) electrons. The molecule has 1 saturated heterocycles. The molecule has 0 aromatic carbocycles. The van der Waals surface area contributed by atoms with Gasteiger partial charge in [0.2, 0.25) is 5.91 Å². The summed E-state index contributed by atoms with van der Waals surface area (Å²) in [7, 11) is 1.54. The molecule has 132 valence electrons. The molecule has 2 aromatic heterocycles. The molecule has 0 aliphatic carbocycles. The minimum Gasteiger partial charge on any atom is -0.454 e. The number of amides is 2. The van der Waals surface area contributed by atoms with E-state index in [4.69, 9.17) is 4.42 Å². The molecular weight excluding hydrogens is 320 g/mol. The zero-order valence-electron chi connectivity index (χ0n) is 14.2. The van der Waals surface area contributed by atoms with Crippen molar-refractivity contribution in [3.8, 4) is 0 Å². The molecule has 0 saturated carbocycles. The number of aromatic nitrogens is 1. The molecule has 7 heteroatoms. The number of pyridine rings is 1. The molecule has 0 spiro atoms. The molecule has 3 heterocycles. The van der Waals surface area contributed by atoms with E-state index in [9.17, 15) is 9.59 Å². The average Bonchev–Trinajstić information content (AvgIpc) is 3.32.